The molecule has 1 saturated heterocycles. The monoisotopic (exact) mass is 581 g/mol. The highest BCUT2D eigenvalue weighted by molar-refractivity contribution is 9.10. The fourth-order valence-electron chi connectivity index (χ4n) is 4.89. The Morgan fingerprint density at radius 2 is 1.64 bits per heavy atom. The van der Waals surface area contributed by atoms with Crippen LogP contribution in [0.15, 0.2) is 102 Å². The van der Waals surface area contributed by atoms with Crippen molar-refractivity contribution in [2.24, 2.45) is 0 Å². The van der Waals surface area contributed by atoms with E-state index >= 15 is 0 Å². The minimum Gasteiger partial charge on any atom is -0.507 e. The maximum Gasteiger partial charge on any atom is 0.172 e. The van der Waals surface area contributed by atoms with E-state index in [0.717, 1.165) is 59.0 Å². The number of likely N-dealkylation sites (tertiary alicyclic amines) is 1. The smallest absolute Gasteiger partial charge is 0.172 e. The summed E-state index contributed by atoms with van der Waals surface area (Å²) in [6.07, 6.45) is 3.64. The minimum absolute atomic E-state index is 0.197. The lowest BCUT2D eigenvalue weighted by Crippen LogP contribution is -2.38. The third-order valence-electron chi connectivity index (χ3n) is 7.00. The number of halogens is 1. The number of hydrogen-bond donors (Lipinski definition) is 2. The molecule has 7 nitrogen and oxygen atoms in total. The maximum absolute atomic E-state index is 10.4. The van der Waals surface area contributed by atoms with Crippen molar-refractivity contribution >= 4 is 33.1 Å². The summed E-state index contributed by atoms with van der Waals surface area (Å²) in [6, 6.07) is 27.3. The lowest BCUT2D eigenvalue weighted by Gasteiger charge is -2.35. The van der Waals surface area contributed by atoms with Crippen LogP contribution in [-0.4, -0.2) is 43.7 Å². The molecule has 0 atom stereocenters. The Kier molecular flexibility index (Phi) is 6.94. The van der Waals surface area contributed by atoms with Crippen molar-refractivity contribution in [1.29, 1.82) is 0 Å². The summed E-state index contributed by atoms with van der Waals surface area (Å²) in [5, 5.41) is 18.6. The molecule has 0 unspecified atom stereocenters. The molecule has 6 rings (SSSR count). The second-order valence-electron chi connectivity index (χ2n) is 9.56. The van der Waals surface area contributed by atoms with Gasteiger partial charge in [0.2, 0.25) is 0 Å². The van der Waals surface area contributed by atoms with Crippen LogP contribution in [0.1, 0.15) is 18.4 Å². The number of fused-ring (bicyclic) bond motifs is 1. The summed E-state index contributed by atoms with van der Waals surface area (Å²) in [6.45, 7) is 6.16. The molecule has 0 amide bonds. The van der Waals surface area contributed by atoms with E-state index in [1.54, 1.807) is 22.8 Å². The average Bonchev–Trinajstić information content (AvgIpc) is 3.35. The molecule has 8 heteroatoms. The second kappa shape index (κ2) is 10.8. The fraction of sp³-hybridized carbons (Fsp3) is 0.161. The lowest BCUT2D eigenvalue weighted by molar-refractivity contribution is 0.309. The van der Waals surface area contributed by atoms with Crippen LogP contribution in [0.25, 0.3) is 22.6 Å². The number of phenolic OH excluding ortho intramolecular Hbond substituents is 1. The van der Waals surface area contributed by atoms with E-state index in [1.807, 2.05) is 60.7 Å². The highest BCUT2D eigenvalue weighted by atomic mass is 79.9. The van der Waals surface area contributed by atoms with Gasteiger partial charge in [0.15, 0.2) is 5.65 Å². The van der Waals surface area contributed by atoms with Crippen molar-refractivity contribution in [1.82, 2.24) is 19.5 Å². The van der Waals surface area contributed by atoms with Crippen molar-refractivity contribution in [3.8, 4) is 28.5 Å². The molecule has 0 radical (unpaired) electrons. The standard InChI is InChI=1S/C31H28BrN5O2/c1-21(22-11-13-25(14-12-22)39-24-7-3-2-4-8-24)36-17-15-23(16-18-36)34-30-19-28(26-9-5-6-10-29(26)38)35-31-27(32)20-33-37(30)31/h2-14,19-20,23,34,38H,1,15-18H2. The third kappa shape index (κ3) is 5.33. The molecule has 5 aromatic rings. The molecule has 2 aromatic heterocycles. The van der Waals surface area contributed by atoms with Crippen molar-refractivity contribution in [3.63, 3.8) is 0 Å². The van der Waals surface area contributed by atoms with E-state index < -0.39 is 0 Å². The lowest BCUT2D eigenvalue weighted by atomic mass is 10.0. The van der Waals surface area contributed by atoms with Gasteiger partial charge in [-0.1, -0.05) is 36.9 Å². The summed E-state index contributed by atoms with van der Waals surface area (Å²) in [5.74, 6) is 2.66. The van der Waals surface area contributed by atoms with E-state index in [4.69, 9.17) is 9.72 Å². The number of ether oxygens (including phenoxy) is 1. The SMILES string of the molecule is C=C(c1ccc(Oc2ccccc2)cc1)N1CCC(Nc2cc(-c3ccccc3O)nc3c(Br)cnn23)CC1. The molecule has 2 N–H and O–H groups in total. The predicted octanol–water partition coefficient (Wildman–Crippen LogP) is 7.20. The van der Waals surface area contributed by atoms with Crippen LogP contribution in [0, 0.1) is 0 Å². The van der Waals surface area contributed by atoms with Crippen molar-refractivity contribution in [2.75, 3.05) is 18.4 Å². The van der Waals surface area contributed by atoms with Gasteiger partial charge in [-0.3, -0.25) is 0 Å². The first-order chi connectivity index (χ1) is 19.0. The van der Waals surface area contributed by atoms with Gasteiger partial charge in [-0.2, -0.15) is 9.61 Å². The molecule has 1 fully saturated rings. The van der Waals surface area contributed by atoms with Crippen molar-refractivity contribution in [2.45, 2.75) is 18.9 Å². The first kappa shape index (κ1) is 25.0. The Hall–Kier alpha value is -4.30. The molecule has 0 bridgehead atoms. The van der Waals surface area contributed by atoms with Gasteiger partial charge in [-0.15, -0.1) is 0 Å². The normalized spacial score (nSPS) is 13.9. The van der Waals surface area contributed by atoms with Gasteiger partial charge in [0.25, 0.3) is 0 Å². The van der Waals surface area contributed by atoms with Crippen LogP contribution >= 0.6 is 15.9 Å². The number of aromatic nitrogens is 3. The second-order valence-corrected chi connectivity index (χ2v) is 10.4. The van der Waals surface area contributed by atoms with E-state index in [9.17, 15) is 5.11 Å². The number of hydrogen-bond acceptors (Lipinski definition) is 6. The number of anilines is 1. The zero-order chi connectivity index (χ0) is 26.8. The summed E-state index contributed by atoms with van der Waals surface area (Å²) in [4.78, 5) is 7.08. The molecule has 0 spiro atoms. The molecule has 3 aromatic carbocycles. The largest absolute Gasteiger partial charge is 0.507 e. The molecular formula is C31H28BrN5O2. The Morgan fingerprint density at radius 3 is 2.38 bits per heavy atom. The predicted molar refractivity (Wildman–Crippen MR) is 158 cm³/mol. The third-order valence-corrected chi connectivity index (χ3v) is 7.56. The summed E-state index contributed by atoms with van der Waals surface area (Å²) >= 11 is 3.56. The highest BCUT2D eigenvalue weighted by Gasteiger charge is 2.22. The van der Waals surface area contributed by atoms with E-state index in [1.165, 1.54) is 0 Å². The number of nitrogens with zero attached hydrogens (tertiary/aromatic N) is 4. The number of piperidine rings is 1. The molecule has 196 valence electrons. The first-order valence-corrected chi connectivity index (χ1v) is 13.7. The number of rotatable bonds is 7. The van der Waals surface area contributed by atoms with Gasteiger partial charge in [-0.05, 0) is 82.9 Å². The summed E-state index contributed by atoms with van der Waals surface area (Å²) < 4.78 is 8.53. The molecular weight excluding hydrogens is 554 g/mol. The van der Waals surface area contributed by atoms with Gasteiger partial charge < -0.3 is 20.1 Å². The zero-order valence-corrected chi connectivity index (χ0v) is 22.9. The Bertz CT molecular complexity index is 1610. The van der Waals surface area contributed by atoms with Crippen molar-refractivity contribution in [3.05, 3.63) is 108 Å². The number of benzene rings is 3. The first-order valence-electron chi connectivity index (χ1n) is 12.9. The van der Waals surface area contributed by atoms with Crippen molar-refractivity contribution < 1.29 is 9.84 Å². The van der Waals surface area contributed by atoms with Gasteiger partial charge in [-0.25, -0.2) is 4.98 Å². The minimum atomic E-state index is 0.197. The molecule has 0 saturated carbocycles. The van der Waals surface area contributed by atoms with E-state index in [-0.39, 0.29) is 11.8 Å². The van der Waals surface area contributed by atoms with Crippen LogP contribution in [0.2, 0.25) is 0 Å². The molecule has 39 heavy (non-hydrogen) atoms. The number of phenols is 1. The maximum atomic E-state index is 10.4. The summed E-state index contributed by atoms with van der Waals surface area (Å²) in [5.41, 5.74) is 4.18. The quantitative estimate of drug-likeness (QED) is 0.211. The van der Waals surface area contributed by atoms with Crippen LogP contribution in [-0.2, 0) is 0 Å². The molecule has 1 aliphatic heterocycles. The summed E-state index contributed by atoms with van der Waals surface area (Å²) in [7, 11) is 0. The zero-order valence-electron chi connectivity index (χ0n) is 21.3. The van der Waals surface area contributed by atoms with E-state index in [0.29, 0.717) is 16.9 Å². The molecule has 3 heterocycles. The topological polar surface area (TPSA) is 74.9 Å². The van der Waals surface area contributed by atoms with Gasteiger partial charge in [0.1, 0.15) is 23.1 Å². The fourth-order valence-corrected chi connectivity index (χ4v) is 5.24. The van der Waals surface area contributed by atoms with E-state index in [2.05, 4.69) is 50.0 Å². The van der Waals surface area contributed by atoms with Crippen LogP contribution < -0.4 is 10.1 Å². The van der Waals surface area contributed by atoms with Gasteiger partial charge in [0.05, 0.1) is 16.4 Å². The Balaban J connectivity index is 1.13. The Labute approximate surface area is 235 Å². The number of aromatic hydroxyl groups is 1. The average molecular weight is 583 g/mol. The number of para-hydroxylation sites is 2. The van der Waals surface area contributed by atoms with Crippen LogP contribution in [0.4, 0.5) is 5.82 Å². The van der Waals surface area contributed by atoms with Gasteiger partial charge in [0, 0.05) is 36.5 Å². The molecule has 0 aliphatic carbocycles. The molecule has 1 aliphatic rings. The Morgan fingerprint density at radius 1 is 0.949 bits per heavy atom. The van der Waals surface area contributed by atoms with Crippen LogP contribution in [0.3, 0.4) is 0 Å². The van der Waals surface area contributed by atoms with Gasteiger partial charge >= 0.3 is 0 Å². The number of nitrogens with one attached hydrogen (secondary N) is 1. The highest BCUT2D eigenvalue weighted by Crippen LogP contribution is 2.32. The van der Waals surface area contributed by atoms with Crippen LogP contribution in [0.5, 0.6) is 17.2 Å².